The molecule has 1 saturated heterocycles. The third-order valence-corrected chi connectivity index (χ3v) is 7.22. The van der Waals surface area contributed by atoms with Crippen LogP contribution in [0.3, 0.4) is 0 Å². The Bertz CT molecular complexity index is 1160. The van der Waals surface area contributed by atoms with Crippen molar-refractivity contribution < 1.29 is 4.79 Å². The number of rotatable bonds is 1. The topological polar surface area (TPSA) is 83.0 Å². The number of nitrogens with one attached hydrogen (secondary N) is 2. The van der Waals surface area contributed by atoms with Gasteiger partial charge < -0.3 is 10.6 Å². The minimum Gasteiger partial charge on any atom is -0.381 e. The highest BCUT2D eigenvalue weighted by atomic mass is 16.2. The molecule has 2 aliphatic heterocycles. The number of aromatic nitrogens is 3. The maximum absolute atomic E-state index is 12.9. The van der Waals surface area contributed by atoms with E-state index in [0.29, 0.717) is 12.6 Å². The van der Waals surface area contributed by atoms with Crippen LogP contribution in [0.5, 0.6) is 0 Å². The predicted molar refractivity (Wildman–Crippen MR) is 131 cm³/mol. The lowest BCUT2D eigenvalue weighted by Gasteiger charge is -2.41. The number of aryl methyl sites for hydroxylation is 2. The van der Waals surface area contributed by atoms with Crippen molar-refractivity contribution >= 4 is 22.5 Å². The van der Waals surface area contributed by atoms with Crippen molar-refractivity contribution in [3.8, 4) is 11.1 Å². The standard InChI is InChI=1S/C26H32N6O/c1-16-10-19-12-25(32(16)3)26(33)27-9-5-4-6-22-21(18-13-28-17(2)29-14-18)7-8-24-23(22)11-20(31-19)15-30-24/h7-8,11,13-16,19,25,31H,4-6,9-10,12H2,1-3H3,(H,27,33)/t16?,19-,25-/m0/s1. The molecule has 4 bridgehead atoms. The molecule has 0 spiro atoms. The molecular weight excluding hydrogens is 412 g/mol. The number of anilines is 1. The van der Waals surface area contributed by atoms with Crippen molar-refractivity contribution in [2.45, 2.75) is 64.1 Å². The van der Waals surface area contributed by atoms with Gasteiger partial charge in [-0.1, -0.05) is 6.07 Å². The van der Waals surface area contributed by atoms with Crippen LogP contribution >= 0.6 is 0 Å². The van der Waals surface area contributed by atoms with E-state index in [9.17, 15) is 4.79 Å². The molecule has 0 saturated carbocycles. The predicted octanol–water partition coefficient (Wildman–Crippen LogP) is 3.72. The molecule has 1 fully saturated rings. The molecule has 7 nitrogen and oxygen atoms in total. The van der Waals surface area contributed by atoms with E-state index in [1.807, 2.05) is 25.5 Å². The van der Waals surface area contributed by atoms with Crippen LogP contribution in [0.1, 0.15) is 44.0 Å². The van der Waals surface area contributed by atoms with Gasteiger partial charge in [0.25, 0.3) is 0 Å². The molecule has 2 aliphatic rings. The zero-order valence-electron chi connectivity index (χ0n) is 19.6. The molecule has 3 aromatic rings. The number of benzene rings is 1. The fourth-order valence-corrected chi connectivity index (χ4v) is 5.23. The van der Waals surface area contributed by atoms with E-state index in [1.165, 1.54) is 10.9 Å². The van der Waals surface area contributed by atoms with Crippen LogP contribution in [0, 0.1) is 6.92 Å². The minimum absolute atomic E-state index is 0.105. The largest absolute Gasteiger partial charge is 0.381 e. The number of hydrogen-bond donors (Lipinski definition) is 2. The van der Waals surface area contributed by atoms with E-state index < -0.39 is 0 Å². The number of amides is 1. The average molecular weight is 445 g/mol. The summed E-state index contributed by atoms with van der Waals surface area (Å²) in [6, 6.07) is 6.92. The van der Waals surface area contributed by atoms with Gasteiger partial charge in [0, 0.05) is 42.0 Å². The fourth-order valence-electron chi connectivity index (χ4n) is 5.23. The van der Waals surface area contributed by atoms with E-state index in [2.05, 4.69) is 57.7 Å². The van der Waals surface area contributed by atoms with Gasteiger partial charge in [-0.3, -0.25) is 14.7 Å². The SMILES string of the molecule is Cc1ncc(-c2ccc3ncc4cc3c2CCCCNC(=O)[C@@H]2C[C@H](CC(C)N2C)N4)cn1. The van der Waals surface area contributed by atoms with Crippen LogP contribution in [-0.4, -0.2) is 57.5 Å². The lowest BCUT2D eigenvalue weighted by Crippen LogP contribution is -2.55. The fraction of sp³-hybridized carbons (Fsp3) is 0.462. The molecule has 172 valence electrons. The lowest BCUT2D eigenvalue weighted by molar-refractivity contribution is -0.128. The number of pyridine rings is 1. The zero-order valence-corrected chi connectivity index (χ0v) is 19.6. The molecule has 7 heteroatoms. The van der Waals surface area contributed by atoms with Crippen molar-refractivity contribution in [2.24, 2.45) is 0 Å². The molecule has 4 heterocycles. The molecule has 1 aromatic carbocycles. The van der Waals surface area contributed by atoms with Crippen molar-refractivity contribution in [3.05, 3.63) is 48.2 Å². The van der Waals surface area contributed by atoms with Crippen LogP contribution in [0.15, 0.2) is 36.8 Å². The monoisotopic (exact) mass is 444 g/mol. The van der Waals surface area contributed by atoms with Gasteiger partial charge in [0.1, 0.15) is 5.82 Å². The maximum Gasteiger partial charge on any atom is 0.237 e. The number of likely N-dealkylation sites (tertiary alicyclic amines) is 1. The average Bonchev–Trinajstić information content (AvgIpc) is 2.81. The summed E-state index contributed by atoms with van der Waals surface area (Å²) in [6.07, 6.45) is 10.3. The van der Waals surface area contributed by atoms with Gasteiger partial charge in [0.2, 0.25) is 5.91 Å². The lowest BCUT2D eigenvalue weighted by atomic mass is 9.91. The van der Waals surface area contributed by atoms with E-state index in [4.69, 9.17) is 4.98 Å². The summed E-state index contributed by atoms with van der Waals surface area (Å²) in [5.41, 5.74) is 5.47. The number of nitrogens with zero attached hydrogens (tertiary/aromatic N) is 4. The van der Waals surface area contributed by atoms with Crippen LogP contribution in [-0.2, 0) is 11.2 Å². The number of hydrogen-bond acceptors (Lipinski definition) is 6. The molecule has 33 heavy (non-hydrogen) atoms. The first-order valence-corrected chi connectivity index (χ1v) is 12.0. The Labute approximate surface area is 195 Å². The summed E-state index contributed by atoms with van der Waals surface area (Å²) in [7, 11) is 2.06. The number of likely N-dealkylation sites (N-methyl/N-ethyl adjacent to an activating group) is 1. The second-order valence-electron chi connectivity index (χ2n) is 9.49. The molecular formula is C26H32N6O. The Morgan fingerprint density at radius 3 is 2.70 bits per heavy atom. The number of carbonyl (C=O) groups excluding carboxylic acids is 1. The Kier molecular flexibility index (Phi) is 5.98. The molecule has 2 aromatic heterocycles. The van der Waals surface area contributed by atoms with Crippen LogP contribution in [0.2, 0.25) is 0 Å². The molecule has 2 N–H and O–H groups in total. The highest BCUT2D eigenvalue weighted by Gasteiger charge is 2.35. The summed E-state index contributed by atoms with van der Waals surface area (Å²) in [4.78, 5) is 28.8. The Morgan fingerprint density at radius 1 is 1.06 bits per heavy atom. The molecule has 0 radical (unpaired) electrons. The summed E-state index contributed by atoms with van der Waals surface area (Å²) in [5, 5.41) is 8.06. The van der Waals surface area contributed by atoms with Crippen LogP contribution in [0.4, 0.5) is 5.69 Å². The first kappa shape index (κ1) is 21.8. The van der Waals surface area contributed by atoms with Gasteiger partial charge in [0.15, 0.2) is 0 Å². The maximum atomic E-state index is 12.9. The molecule has 3 atom stereocenters. The molecule has 1 amide bonds. The summed E-state index contributed by atoms with van der Waals surface area (Å²) < 4.78 is 0. The highest BCUT2D eigenvalue weighted by Crippen LogP contribution is 2.33. The number of piperidine rings is 1. The Balaban J connectivity index is 1.57. The van der Waals surface area contributed by atoms with E-state index in [0.717, 1.165) is 60.3 Å². The highest BCUT2D eigenvalue weighted by molar-refractivity contribution is 5.91. The first-order chi connectivity index (χ1) is 16.0. The van der Waals surface area contributed by atoms with Gasteiger partial charge in [-0.2, -0.15) is 0 Å². The second-order valence-corrected chi connectivity index (χ2v) is 9.49. The van der Waals surface area contributed by atoms with Gasteiger partial charge in [-0.25, -0.2) is 9.97 Å². The Hall–Kier alpha value is -3.06. The molecule has 1 unspecified atom stereocenters. The van der Waals surface area contributed by atoms with E-state index in [-0.39, 0.29) is 18.0 Å². The number of carbonyl (C=O) groups is 1. The van der Waals surface area contributed by atoms with Gasteiger partial charge in [0.05, 0.1) is 23.4 Å². The number of fused-ring (bicyclic) bond motifs is 3. The van der Waals surface area contributed by atoms with Gasteiger partial charge >= 0.3 is 0 Å². The van der Waals surface area contributed by atoms with E-state index >= 15 is 0 Å². The minimum atomic E-state index is -0.105. The summed E-state index contributed by atoms with van der Waals surface area (Å²) >= 11 is 0. The van der Waals surface area contributed by atoms with Crippen molar-refractivity contribution in [1.29, 1.82) is 0 Å². The van der Waals surface area contributed by atoms with Crippen molar-refractivity contribution in [1.82, 2.24) is 25.2 Å². The van der Waals surface area contributed by atoms with E-state index in [1.54, 1.807) is 0 Å². The third kappa shape index (κ3) is 4.42. The second kappa shape index (κ2) is 9.06. The first-order valence-electron chi connectivity index (χ1n) is 12.0. The molecule has 5 rings (SSSR count). The van der Waals surface area contributed by atoms with Gasteiger partial charge in [-0.15, -0.1) is 0 Å². The van der Waals surface area contributed by atoms with Gasteiger partial charge in [-0.05, 0) is 76.3 Å². The normalized spacial score (nSPS) is 24.2. The zero-order chi connectivity index (χ0) is 22.9. The Morgan fingerprint density at radius 2 is 1.88 bits per heavy atom. The van der Waals surface area contributed by atoms with Crippen molar-refractivity contribution in [2.75, 3.05) is 18.9 Å². The van der Waals surface area contributed by atoms with Crippen LogP contribution < -0.4 is 10.6 Å². The molecule has 0 aliphatic carbocycles. The summed E-state index contributed by atoms with van der Waals surface area (Å²) in [6.45, 7) is 4.80. The smallest absolute Gasteiger partial charge is 0.237 e. The third-order valence-electron chi connectivity index (χ3n) is 7.22. The quantitative estimate of drug-likeness (QED) is 0.595. The summed E-state index contributed by atoms with van der Waals surface area (Å²) in [5.74, 6) is 0.907. The van der Waals surface area contributed by atoms with Crippen molar-refractivity contribution in [3.63, 3.8) is 0 Å². The van der Waals surface area contributed by atoms with Crippen LogP contribution in [0.25, 0.3) is 22.0 Å².